The van der Waals surface area contributed by atoms with Gasteiger partial charge in [-0.2, -0.15) is 10.4 Å². The van der Waals surface area contributed by atoms with Gasteiger partial charge in [0.1, 0.15) is 17.4 Å². The molecule has 0 bridgehead atoms. The Morgan fingerprint density at radius 3 is 2.48 bits per heavy atom. The fourth-order valence-corrected chi connectivity index (χ4v) is 3.99. The van der Waals surface area contributed by atoms with E-state index in [2.05, 4.69) is 13.0 Å². The van der Waals surface area contributed by atoms with E-state index < -0.39 is 0 Å². The molecule has 3 aromatic rings. The van der Waals surface area contributed by atoms with Crippen molar-refractivity contribution in [2.45, 2.75) is 26.7 Å². The van der Waals surface area contributed by atoms with Gasteiger partial charge in [0.15, 0.2) is 0 Å². The Bertz CT molecular complexity index is 1170. The molecule has 0 atom stereocenters. The number of nitrogens with zero attached hydrogens (tertiary/aromatic N) is 4. The van der Waals surface area contributed by atoms with Crippen LogP contribution in [0.4, 0.5) is 0 Å². The van der Waals surface area contributed by atoms with Crippen molar-refractivity contribution >= 4 is 12.0 Å². The molecule has 0 unspecified atom stereocenters. The predicted octanol–water partition coefficient (Wildman–Crippen LogP) is 5.10. The zero-order valence-corrected chi connectivity index (χ0v) is 19.1. The van der Waals surface area contributed by atoms with E-state index in [-0.39, 0.29) is 11.5 Å². The van der Waals surface area contributed by atoms with Gasteiger partial charge in [-0.05, 0) is 68.2 Å². The molecule has 0 N–H and O–H groups in total. The summed E-state index contributed by atoms with van der Waals surface area (Å²) in [6, 6.07) is 19.6. The van der Waals surface area contributed by atoms with E-state index in [9.17, 15) is 10.1 Å². The Hall–Kier alpha value is -3.85. The fraction of sp³-hybridized carbons (Fsp3) is 0.296. The minimum absolute atomic E-state index is 0.129. The van der Waals surface area contributed by atoms with Gasteiger partial charge >= 0.3 is 0 Å². The summed E-state index contributed by atoms with van der Waals surface area (Å²) in [6.45, 7) is 6.12. The van der Waals surface area contributed by atoms with E-state index in [1.165, 1.54) is 0 Å². The Balaban J connectivity index is 1.73. The van der Waals surface area contributed by atoms with Crippen LogP contribution in [-0.4, -0.2) is 40.3 Å². The van der Waals surface area contributed by atoms with Gasteiger partial charge < -0.3 is 9.64 Å². The van der Waals surface area contributed by atoms with Gasteiger partial charge in [0, 0.05) is 30.4 Å². The molecule has 1 saturated heterocycles. The van der Waals surface area contributed by atoms with Crippen molar-refractivity contribution in [1.29, 1.82) is 5.26 Å². The van der Waals surface area contributed by atoms with Crippen LogP contribution in [0.15, 0.2) is 66.4 Å². The minimum atomic E-state index is -0.213. The molecule has 6 heteroatoms. The SMILES string of the molecule is CCOc1ccc(-c2nn(-c3ccccc3)cc2C=C(C#N)C(=O)N2CCC(C)CC2)cc1. The number of rotatable bonds is 6. The van der Waals surface area contributed by atoms with Crippen LogP contribution in [0.2, 0.25) is 0 Å². The molecule has 4 rings (SSSR count). The van der Waals surface area contributed by atoms with Crippen molar-refractivity contribution in [3.05, 3.63) is 71.9 Å². The zero-order valence-electron chi connectivity index (χ0n) is 19.1. The van der Waals surface area contributed by atoms with E-state index in [1.54, 1.807) is 15.7 Å². The van der Waals surface area contributed by atoms with Crippen molar-refractivity contribution in [1.82, 2.24) is 14.7 Å². The molecule has 33 heavy (non-hydrogen) atoms. The standard InChI is InChI=1S/C27H28N4O2/c1-3-33-25-11-9-21(10-12-25)26-23(19-31(29-26)24-7-5-4-6-8-24)17-22(18-28)27(32)30-15-13-20(2)14-16-30/h4-12,17,19-20H,3,13-16H2,1-2H3. The molecule has 1 aromatic heterocycles. The van der Waals surface area contributed by atoms with Crippen LogP contribution < -0.4 is 4.74 Å². The number of likely N-dealkylation sites (tertiary alicyclic amines) is 1. The van der Waals surface area contributed by atoms with Crippen LogP contribution in [0.3, 0.4) is 0 Å². The summed E-state index contributed by atoms with van der Waals surface area (Å²) in [6.07, 6.45) is 5.46. The van der Waals surface area contributed by atoms with Crippen molar-refractivity contribution in [3.8, 4) is 28.8 Å². The van der Waals surface area contributed by atoms with Gasteiger partial charge in [-0.15, -0.1) is 0 Å². The second-order valence-electron chi connectivity index (χ2n) is 8.32. The molecular weight excluding hydrogens is 412 g/mol. The molecule has 6 nitrogen and oxygen atoms in total. The Morgan fingerprint density at radius 2 is 1.85 bits per heavy atom. The third-order valence-electron chi connectivity index (χ3n) is 5.92. The maximum absolute atomic E-state index is 13.1. The number of piperidine rings is 1. The molecule has 0 aliphatic carbocycles. The zero-order chi connectivity index (χ0) is 23.2. The average molecular weight is 441 g/mol. The Labute approximate surface area is 194 Å². The Morgan fingerprint density at radius 1 is 1.15 bits per heavy atom. The summed E-state index contributed by atoms with van der Waals surface area (Å²) in [5, 5.41) is 14.6. The Kier molecular flexibility index (Phi) is 6.89. The van der Waals surface area contributed by atoms with E-state index in [4.69, 9.17) is 9.84 Å². The van der Waals surface area contributed by atoms with Gasteiger partial charge in [-0.1, -0.05) is 25.1 Å². The summed E-state index contributed by atoms with van der Waals surface area (Å²) in [5.74, 6) is 1.18. The number of hydrogen-bond acceptors (Lipinski definition) is 4. The number of para-hydroxylation sites is 1. The van der Waals surface area contributed by atoms with E-state index in [0.717, 1.165) is 35.4 Å². The van der Waals surface area contributed by atoms with Crippen LogP contribution in [0.25, 0.3) is 23.0 Å². The quantitative estimate of drug-likeness (QED) is 0.395. The van der Waals surface area contributed by atoms with E-state index in [0.29, 0.717) is 31.3 Å². The van der Waals surface area contributed by atoms with Crippen LogP contribution in [-0.2, 0) is 4.79 Å². The highest BCUT2D eigenvalue weighted by molar-refractivity contribution is 6.02. The number of nitriles is 1. The summed E-state index contributed by atoms with van der Waals surface area (Å²) >= 11 is 0. The number of ether oxygens (including phenoxy) is 1. The van der Waals surface area contributed by atoms with E-state index >= 15 is 0 Å². The maximum atomic E-state index is 13.1. The second-order valence-corrected chi connectivity index (χ2v) is 8.32. The van der Waals surface area contributed by atoms with Gasteiger partial charge in [0.25, 0.3) is 5.91 Å². The van der Waals surface area contributed by atoms with Crippen LogP contribution in [0.1, 0.15) is 32.3 Å². The van der Waals surface area contributed by atoms with Gasteiger partial charge in [-0.3, -0.25) is 4.79 Å². The van der Waals surface area contributed by atoms with Gasteiger partial charge in [-0.25, -0.2) is 4.68 Å². The molecule has 1 aliphatic rings. The lowest BCUT2D eigenvalue weighted by atomic mass is 9.98. The average Bonchev–Trinajstić information content (AvgIpc) is 3.28. The number of carbonyl (C=O) groups excluding carboxylic acids is 1. The lowest BCUT2D eigenvalue weighted by molar-refractivity contribution is -0.127. The minimum Gasteiger partial charge on any atom is -0.494 e. The van der Waals surface area contributed by atoms with Gasteiger partial charge in [0.05, 0.1) is 18.0 Å². The molecule has 2 aromatic carbocycles. The first-order valence-electron chi connectivity index (χ1n) is 11.4. The van der Waals surface area contributed by atoms with Crippen LogP contribution in [0.5, 0.6) is 5.75 Å². The third kappa shape index (κ3) is 5.15. The van der Waals surface area contributed by atoms with Crippen molar-refractivity contribution < 1.29 is 9.53 Å². The number of hydrogen-bond donors (Lipinski definition) is 0. The highest BCUT2D eigenvalue weighted by Gasteiger charge is 2.24. The van der Waals surface area contributed by atoms with Crippen LogP contribution in [0, 0.1) is 17.2 Å². The monoisotopic (exact) mass is 440 g/mol. The lowest BCUT2D eigenvalue weighted by Gasteiger charge is -2.30. The number of aromatic nitrogens is 2. The normalized spacial score (nSPS) is 14.7. The largest absolute Gasteiger partial charge is 0.494 e. The molecular formula is C27H28N4O2. The molecule has 2 heterocycles. The van der Waals surface area contributed by atoms with Crippen molar-refractivity contribution in [2.24, 2.45) is 5.92 Å². The molecule has 1 fully saturated rings. The van der Waals surface area contributed by atoms with E-state index in [1.807, 2.05) is 67.7 Å². The fourth-order valence-electron chi connectivity index (χ4n) is 3.99. The molecule has 0 saturated carbocycles. The van der Waals surface area contributed by atoms with Crippen molar-refractivity contribution in [3.63, 3.8) is 0 Å². The maximum Gasteiger partial charge on any atom is 0.264 e. The smallest absolute Gasteiger partial charge is 0.264 e. The highest BCUT2D eigenvalue weighted by atomic mass is 16.5. The lowest BCUT2D eigenvalue weighted by Crippen LogP contribution is -2.38. The third-order valence-corrected chi connectivity index (χ3v) is 5.92. The summed E-state index contributed by atoms with van der Waals surface area (Å²) in [4.78, 5) is 14.9. The topological polar surface area (TPSA) is 71.1 Å². The summed E-state index contributed by atoms with van der Waals surface area (Å²) in [7, 11) is 0. The first-order chi connectivity index (χ1) is 16.1. The predicted molar refractivity (Wildman–Crippen MR) is 129 cm³/mol. The number of amides is 1. The molecule has 1 amide bonds. The molecule has 1 aliphatic heterocycles. The first-order valence-corrected chi connectivity index (χ1v) is 11.4. The molecule has 0 radical (unpaired) electrons. The summed E-state index contributed by atoms with van der Waals surface area (Å²) < 4.78 is 7.34. The number of carbonyl (C=O) groups is 1. The highest BCUT2D eigenvalue weighted by Crippen LogP contribution is 2.28. The van der Waals surface area contributed by atoms with Crippen molar-refractivity contribution in [2.75, 3.05) is 19.7 Å². The summed E-state index contributed by atoms with van der Waals surface area (Å²) in [5.41, 5.74) is 3.34. The number of benzene rings is 2. The first kappa shape index (κ1) is 22.3. The molecule has 168 valence electrons. The second kappa shape index (κ2) is 10.2. The molecule has 0 spiro atoms. The van der Waals surface area contributed by atoms with Crippen LogP contribution >= 0.6 is 0 Å². The van der Waals surface area contributed by atoms with Gasteiger partial charge in [0.2, 0.25) is 0 Å².